The van der Waals surface area contributed by atoms with E-state index in [1.54, 1.807) is 24.3 Å². The average Bonchev–Trinajstić information content (AvgIpc) is 3.52. The number of anilines is 2. The van der Waals surface area contributed by atoms with E-state index < -0.39 is 23.5 Å². The van der Waals surface area contributed by atoms with Gasteiger partial charge < -0.3 is 15.0 Å². The molecular formula is C26H24F3N5O2. The van der Waals surface area contributed by atoms with Crippen molar-refractivity contribution >= 4 is 28.6 Å². The average molecular weight is 496 g/mol. The normalized spacial score (nSPS) is 14.3. The maximum atomic E-state index is 14.0. The lowest BCUT2D eigenvalue weighted by Crippen LogP contribution is -2.17. The molecule has 0 radical (unpaired) electrons. The number of hydrogen-bond donors (Lipinski definition) is 2. The second kappa shape index (κ2) is 9.52. The number of nitrogens with two attached hydrogens (primary N) is 1. The number of nitrogen functional groups attached to an aromatic ring is 1. The zero-order valence-corrected chi connectivity index (χ0v) is 19.3. The molecule has 0 atom stereocenters. The number of halogens is 3. The molecule has 36 heavy (non-hydrogen) atoms. The van der Waals surface area contributed by atoms with Gasteiger partial charge in [0.25, 0.3) is 0 Å². The Balaban J connectivity index is 1.49. The molecule has 3 N–H and O–H groups in total. The van der Waals surface area contributed by atoms with E-state index in [9.17, 15) is 18.0 Å². The number of ether oxygens (including phenoxy) is 1. The van der Waals surface area contributed by atoms with E-state index >= 15 is 0 Å². The minimum atomic E-state index is -4.72. The van der Waals surface area contributed by atoms with Gasteiger partial charge in [-0.15, -0.1) is 0 Å². The van der Waals surface area contributed by atoms with Crippen LogP contribution in [0.5, 0.6) is 0 Å². The van der Waals surface area contributed by atoms with Crippen molar-refractivity contribution in [3.63, 3.8) is 0 Å². The van der Waals surface area contributed by atoms with Crippen molar-refractivity contribution in [3.05, 3.63) is 72.2 Å². The first kappa shape index (κ1) is 23.7. The molecule has 7 nitrogen and oxygen atoms in total. The molecule has 2 aromatic heterocycles. The van der Waals surface area contributed by atoms with Gasteiger partial charge in [-0.3, -0.25) is 5.32 Å². The highest BCUT2D eigenvalue weighted by molar-refractivity contribution is 6.01. The molecule has 0 unspecified atom stereocenters. The lowest BCUT2D eigenvalue weighted by atomic mass is 10.0. The quantitative estimate of drug-likeness (QED) is 0.327. The van der Waals surface area contributed by atoms with Gasteiger partial charge in [-0.25, -0.2) is 14.8 Å². The molecule has 2 aromatic carbocycles. The Bertz CT molecular complexity index is 1400. The predicted octanol–water partition coefficient (Wildman–Crippen LogP) is 6.56. The van der Waals surface area contributed by atoms with Crippen LogP contribution in [0, 0.1) is 0 Å². The number of amides is 1. The minimum Gasteiger partial charge on any atom is -0.444 e. The van der Waals surface area contributed by atoms with Gasteiger partial charge >= 0.3 is 12.3 Å². The Labute approximate surface area is 205 Å². The summed E-state index contributed by atoms with van der Waals surface area (Å²) in [5.74, 6) is 0.201. The van der Waals surface area contributed by atoms with Gasteiger partial charge in [0.15, 0.2) is 0 Å². The number of nitrogens with zero attached hydrogens (tertiary/aromatic N) is 3. The summed E-state index contributed by atoms with van der Waals surface area (Å²) in [6, 6.07) is 12.8. The number of hydrogen-bond acceptors (Lipinski definition) is 5. The molecule has 1 saturated carbocycles. The van der Waals surface area contributed by atoms with Crippen LogP contribution in [0.4, 0.5) is 29.5 Å². The minimum absolute atomic E-state index is 0.0634. The van der Waals surface area contributed by atoms with E-state index in [-0.39, 0.29) is 18.5 Å². The van der Waals surface area contributed by atoms with Gasteiger partial charge in [0.2, 0.25) is 0 Å². The van der Waals surface area contributed by atoms with Crippen molar-refractivity contribution in [2.75, 3.05) is 11.1 Å². The first-order valence-electron chi connectivity index (χ1n) is 11.6. The Morgan fingerprint density at radius 1 is 1.11 bits per heavy atom. The number of alkyl halides is 3. The second-order valence-corrected chi connectivity index (χ2v) is 8.79. The number of aromatic nitrogens is 3. The molecule has 0 bridgehead atoms. The molecule has 0 aliphatic heterocycles. The monoisotopic (exact) mass is 495 g/mol. The summed E-state index contributed by atoms with van der Waals surface area (Å²) >= 11 is 0. The van der Waals surface area contributed by atoms with Crippen molar-refractivity contribution in [2.24, 2.45) is 0 Å². The third kappa shape index (κ3) is 4.71. The number of carbonyl (C=O) groups is 1. The van der Waals surface area contributed by atoms with E-state index in [1.807, 2.05) is 16.8 Å². The maximum absolute atomic E-state index is 14.0. The van der Waals surface area contributed by atoms with E-state index in [0.717, 1.165) is 37.3 Å². The van der Waals surface area contributed by atoms with Gasteiger partial charge in [-0.1, -0.05) is 49.2 Å². The van der Waals surface area contributed by atoms with Gasteiger partial charge in [-0.05, 0) is 36.1 Å². The Morgan fingerprint density at radius 2 is 1.86 bits per heavy atom. The molecule has 1 fully saturated rings. The summed E-state index contributed by atoms with van der Waals surface area (Å²) in [4.78, 5) is 20.7. The largest absolute Gasteiger partial charge is 0.444 e. The Morgan fingerprint density at radius 3 is 2.58 bits per heavy atom. The van der Waals surface area contributed by atoms with E-state index in [0.29, 0.717) is 22.2 Å². The van der Waals surface area contributed by atoms with Crippen molar-refractivity contribution < 1.29 is 22.7 Å². The highest BCUT2D eigenvalue weighted by atomic mass is 19.4. The molecule has 186 valence electrons. The summed E-state index contributed by atoms with van der Waals surface area (Å²) in [6.07, 6.45) is 1.57. The van der Waals surface area contributed by atoms with Crippen LogP contribution in [0.3, 0.4) is 0 Å². The van der Waals surface area contributed by atoms with Crippen LogP contribution in [0.25, 0.3) is 22.2 Å². The first-order chi connectivity index (χ1) is 17.3. The van der Waals surface area contributed by atoms with Gasteiger partial charge in [0.1, 0.15) is 24.4 Å². The van der Waals surface area contributed by atoms with Crippen LogP contribution in [0.2, 0.25) is 0 Å². The lowest BCUT2D eigenvalue weighted by Gasteiger charge is -2.15. The third-order valence-corrected chi connectivity index (χ3v) is 6.44. The molecule has 0 spiro atoms. The van der Waals surface area contributed by atoms with Crippen molar-refractivity contribution in [2.45, 2.75) is 44.5 Å². The van der Waals surface area contributed by atoms with Crippen molar-refractivity contribution in [1.29, 1.82) is 0 Å². The highest BCUT2D eigenvalue weighted by Gasteiger charge is 2.35. The van der Waals surface area contributed by atoms with Crippen LogP contribution in [0.1, 0.15) is 42.9 Å². The number of fused-ring (bicyclic) bond motifs is 1. The molecule has 2 heterocycles. The number of carbonyl (C=O) groups excluding carboxylic acids is 1. The van der Waals surface area contributed by atoms with Crippen molar-refractivity contribution in [3.8, 4) is 11.1 Å². The first-order valence-corrected chi connectivity index (χ1v) is 11.6. The van der Waals surface area contributed by atoms with Gasteiger partial charge in [-0.2, -0.15) is 13.2 Å². The Kier molecular flexibility index (Phi) is 6.26. The smallest absolute Gasteiger partial charge is 0.418 e. The number of rotatable bonds is 5. The fourth-order valence-corrected chi connectivity index (χ4v) is 4.71. The van der Waals surface area contributed by atoms with E-state index in [2.05, 4.69) is 15.3 Å². The lowest BCUT2D eigenvalue weighted by molar-refractivity contribution is -0.136. The molecule has 5 rings (SSSR count). The summed E-state index contributed by atoms with van der Waals surface area (Å²) < 4.78 is 49.2. The molecule has 0 saturated heterocycles. The summed E-state index contributed by atoms with van der Waals surface area (Å²) in [5, 5.41) is 2.74. The van der Waals surface area contributed by atoms with Gasteiger partial charge in [0.05, 0.1) is 16.6 Å². The molecular weight excluding hydrogens is 471 g/mol. The number of nitrogens with one attached hydrogen (secondary N) is 1. The van der Waals surface area contributed by atoms with Crippen LogP contribution >= 0.6 is 0 Å². The number of benzene rings is 2. The fraction of sp³-hybridized carbons (Fsp3) is 0.269. The predicted molar refractivity (Wildman–Crippen MR) is 130 cm³/mol. The molecule has 4 aromatic rings. The van der Waals surface area contributed by atoms with Crippen LogP contribution < -0.4 is 11.1 Å². The molecule has 1 amide bonds. The zero-order chi connectivity index (χ0) is 25.3. The van der Waals surface area contributed by atoms with Crippen LogP contribution in [-0.2, 0) is 17.5 Å². The SMILES string of the molecule is Nc1ncnc2c1c(-c1ccc(NC(=O)OCc3ccccc3)c(C(F)(F)F)c1)cn2C1CCCC1. The zero-order valence-electron chi connectivity index (χ0n) is 19.3. The van der Waals surface area contributed by atoms with E-state index in [1.165, 1.54) is 18.5 Å². The Hall–Kier alpha value is -4.08. The highest BCUT2D eigenvalue weighted by Crippen LogP contribution is 2.42. The van der Waals surface area contributed by atoms with Crippen LogP contribution in [0.15, 0.2) is 61.1 Å². The molecule has 1 aliphatic carbocycles. The summed E-state index contributed by atoms with van der Waals surface area (Å²) in [6.45, 7) is -0.0634. The standard InChI is InChI=1S/C26H24F3N5O2/c27-26(28,29)20-12-17(10-11-21(20)33-25(35)36-14-16-6-2-1-3-7-16)19-13-34(18-8-4-5-9-18)24-22(19)23(30)31-15-32-24/h1-3,6-7,10-13,15,18H,4-5,8-9,14H2,(H,33,35)(H2,30,31,32). The molecule has 10 heteroatoms. The van der Waals surface area contributed by atoms with Gasteiger partial charge in [0, 0.05) is 17.8 Å². The van der Waals surface area contributed by atoms with Crippen LogP contribution in [-0.4, -0.2) is 20.6 Å². The molecule has 1 aliphatic rings. The summed E-state index contributed by atoms with van der Waals surface area (Å²) in [7, 11) is 0. The van der Waals surface area contributed by atoms with E-state index in [4.69, 9.17) is 10.5 Å². The topological polar surface area (TPSA) is 95.1 Å². The van der Waals surface area contributed by atoms with Crippen molar-refractivity contribution in [1.82, 2.24) is 14.5 Å². The summed E-state index contributed by atoms with van der Waals surface area (Å²) in [5.41, 5.74) is 6.89. The second-order valence-electron chi connectivity index (χ2n) is 8.79. The maximum Gasteiger partial charge on any atom is 0.418 e. The fourth-order valence-electron chi connectivity index (χ4n) is 4.71. The third-order valence-electron chi connectivity index (χ3n) is 6.44.